The standard InChI is InChI=1S/C6H11BrOS/c1-6(2,3)8-5(9)4-7/h4H2,1-3H3. The molecule has 0 spiro atoms. The van der Waals surface area contributed by atoms with Crippen LogP contribution >= 0.6 is 28.1 Å². The van der Waals surface area contributed by atoms with Crippen molar-refractivity contribution in [2.24, 2.45) is 0 Å². The molecule has 0 heterocycles. The minimum atomic E-state index is -0.148. The van der Waals surface area contributed by atoms with Gasteiger partial charge in [0.05, 0.1) is 5.33 Å². The Kier molecular flexibility index (Phi) is 3.66. The van der Waals surface area contributed by atoms with Gasteiger partial charge in [0.15, 0.2) is 5.05 Å². The summed E-state index contributed by atoms with van der Waals surface area (Å²) >= 11 is 8.04. The number of thiocarbonyl (C=S) groups is 1. The molecule has 0 aromatic carbocycles. The van der Waals surface area contributed by atoms with Gasteiger partial charge in [-0.2, -0.15) is 0 Å². The zero-order valence-electron chi connectivity index (χ0n) is 5.90. The van der Waals surface area contributed by atoms with Crippen LogP contribution in [0.3, 0.4) is 0 Å². The second kappa shape index (κ2) is 3.52. The second-order valence-corrected chi connectivity index (χ2v) is 3.74. The molecule has 0 saturated carbocycles. The smallest absolute Gasteiger partial charge is 0.171 e. The monoisotopic (exact) mass is 210 g/mol. The number of ether oxygens (including phenoxy) is 1. The molecule has 54 valence electrons. The van der Waals surface area contributed by atoms with Gasteiger partial charge in [-0.05, 0) is 33.0 Å². The highest BCUT2D eigenvalue weighted by atomic mass is 79.9. The van der Waals surface area contributed by atoms with Crippen molar-refractivity contribution in [3.8, 4) is 0 Å². The fraction of sp³-hybridized carbons (Fsp3) is 0.833. The summed E-state index contributed by atoms with van der Waals surface area (Å²) in [4.78, 5) is 0. The van der Waals surface area contributed by atoms with Crippen LogP contribution in [0.5, 0.6) is 0 Å². The first kappa shape index (κ1) is 9.37. The van der Waals surface area contributed by atoms with Gasteiger partial charge in [0, 0.05) is 0 Å². The summed E-state index contributed by atoms with van der Waals surface area (Å²) in [5.41, 5.74) is -0.148. The Bertz CT molecular complexity index is 106. The molecule has 0 bridgehead atoms. The molecule has 0 aromatic heterocycles. The zero-order chi connectivity index (χ0) is 7.49. The van der Waals surface area contributed by atoms with E-state index in [1.54, 1.807) is 0 Å². The number of hydrogen-bond donors (Lipinski definition) is 0. The van der Waals surface area contributed by atoms with Gasteiger partial charge in [-0.1, -0.05) is 15.9 Å². The van der Waals surface area contributed by atoms with E-state index in [1.807, 2.05) is 20.8 Å². The Balaban J connectivity index is 3.60. The number of alkyl halides is 1. The summed E-state index contributed by atoms with van der Waals surface area (Å²) in [6, 6.07) is 0. The molecular formula is C6H11BrOS. The molecule has 1 nitrogen and oxygen atoms in total. The molecule has 0 amide bonds. The van der Waals surface area contributed by atoms with Crippen molar-refractivity contribution >= 4 is 33.2 Å². The predicted octanol–water partition coefficient (Wildman–Crippen LogP) is 2.52. The van der Waals surface area contributed by atoms with Crippen molar-refractivity contribution in [3.63, 3.8) is 0 Å². The molecule has 3 heteroatoms. The quantitative estimate of drug-likeness (QED) is 0.486. The van der Waals surface area contributed by atoms with Crippen molar-refractivity contribution in [1.82, 2.24) is 0 Å². The van der Waals surface area contributed by atoms with E-state index in [4.69, 9.17) is 17.0 Å². The highest BCUT2D eigenvalue weighted by Crippen LogP contribution is 2.08. The van der Waals surface area contributed by atoms with Crippen molar-refractivity contribution in [2.45, 2.75) is 26.4 Å². The first-order valence-electron chi connectivity index (χ1n) is 2.73. The Labute approximate surface area is 69.9 Å². The van der Waals surface area contributed by atoms with Gasteiger partial charge in [-0.3, -0.25) is 0 Å². The van der Waals surface area contributed by atoms with E-state index in [0.29, 0.717) is 10.4 Å². The van der Waals surface area contributed by atoms with Crippen molar-refractivity contribution in [1.29, 1.82) is 0 Å². The first-order chi connectivity index (χ1) is 3.95. The van der Waals surface area contributed by atoms with E-state index in [2.05, 4.69) is 15.9 Å². The van der Waals surface area contributed by atoms with Gasteiger partial charge >= 0.3 is 0 Å². The molecule has 0 aliphatic rings. The maximum Gasteiger partial charge on any atom is 0.171 e. The third-order valence-electron chi connectivity index (χ3n) is 0.529. The largest absolute Gasteiger partial charge is 0.481 e. The van der Waals surface area contributed by atoms with Crippen LogP contribution < -0.4 is 0 Å². The van der Waals surface area contributed by atoms with E-state index in [0.717, 1.165) is 0 Å². The summed E-state index contributed by atoms with van der Waals surface area (Å²) in [5.74, 6) is 0. The summed E-state index contributed by atoms with van der Waals surface area (Å²) in [5, 5.41) is 1.25. The van der Waals surface area contributed by atoms with Gasteiger partial charge in [0.2, 0.25) is 0 Å². The molecule has 0 radical (unpaired) electrons. The van der Waals surface area contributed by atoms with Crippen molar-refractivity contribution in [2.75, 3.05) is 5.33 Å². The maximum atomic E-state index is 5.27. The molecule has 9 heavy (non-hydrogen) atoms. The fourth-order valence-corrected chi connectivity index (χ4v) is 0.733. The summed E-state index contributed by atoms with van der Waals surface area (Å²) < 4.78 is 5.27. The van der Waals surface area contributed by atoms with Crippen LogP contribution in [-0.4, -0.2) is 16.0 Å². The molecule has 0 saturated heterocycles. The zero-order valence-corrected chi connectivity index (χ0v) is 8.30. The molecule has 0 fully saturated rings. The first-order valence-corrected chi connectivity index (χ1v) is 4.26. The molecule has 0 aliphatic heterocycles. The lowest BCUT2D eigenvalue weighted by atomic mass is 10.2. The average Bonchev–Trinajstić information content (AvgIpc) is 1.62. The molecule has 0 rings (SSSR count). The maximum absolute atomic E-state index is 5.27. The van der Waals surface area contributed by atoms with Gasteiger partial charge in [0.25, 0.3) is 0 Å². The highest BCUT2D eigenvalue weighted by molar-refractivity contribution is 9.09. The minimum absolute atomic E-state index is 0.148. The lowest BCUT2D eigenvalue weighted by molar-refractivity contribution is 0.121. The van der Waals surface area contributed by atoms with E-state index >= 15 is 0 Å². The summed E-state index contributed by atoms with van der Waals surface area (Å²) in [7, 11) is 0. The third-order valence-corrected chi connectivity index (χ3v) is 1.64. The Morgan fingerprint density at radius 3 is 2.11 bits per heavy atom. The molecule has 0 aliphatic carbocycles. The number of rotatable bonds is 1. The average molecular weight is 211 g/mol. The van der Waals surface area contributed by atoms with Crippen LogP contribution in [0.4, 0.5) is 0 Å². The van der Waals surface area contributed by atoms with Crippen molar-refractivity contribution in [3.05, 3.63) is 0 Å². The van der Waals surface area contributed by atoms with Crippen LogP contribution in [0.25, 0.3) is 0 Å². The fourth-order valence-electron chi connectivity index (χ4n) is 0.369. The molecule has 0 aromatic rings. The summed E-state index contributed by atoms with van der Waals surface area (Å²) in [6.45, 7) is 5.92. The van der Waals surface area contributed by atoms with E-state index in [-0.39, 0.29) is 5.60 Å². The van der Waals surface area contributed by atoms with E-state index in [1.165, 1.54) is 0 Å². The lowest BCUT2D eigenvalue weighted by Crippen LogP contribution is -2.23. The normalized spacial score (nSPS) is 11.1. The van der Waals surface area contributed by atoms with E-state index in [9.17, 15) is 0 Å². The molecular weight excluding hydrogens is 200 g/mol. The Hall–Kier alpha value is 0.370. The van der Waals surface area contributed by atoms with Crippen LogP contribution in [0.15, 0.2) is 0 Å². The van der Waals surface area contributed by atoms with E-state index < -0.39 is 0 Å². The van der Waals surface area contributed by atoms with Crippen molar-refractivity contribution < 1.29 is 4.74 Å². The summed E-state index contributed by atoms with van der Waals surface area (Å²) in [6.07, 6.45) is 0. The number of halogens is 1. The SMILES string of the molecule is CC(C)(C)OC(=S)CBr. The van der Waals surface area contributed by atoms with Gasteiger partial charge < -0.3 is 4.74 Å². The van der Waals surface area contributed by atoms with Gasteiger partial charge in [-0.25, -0.2) is 0 Å². The lowest BCUT2D eigenvalue weighted by Gasteiger charge is -2.20. The second-order valence-electron chi connectivity index (χ2n) is 2.72. The molecule has 0 N–H and O–H groups in total. The van der Waals surface area contributed by atoms with Gasteiger partial charge in [-0.15, -0.1) is 0 Å². The van der Waals surface area contributed by atoms with Gasteiger partial charge in [0.1, 0.15) is 5.60 Å². The Morgan fingerprint density at radius 1 is 1.56 bits per heavy atom. The minimum Gasteiger partial charge on any atom is -0.481 e. The Morgan fingerprint density at radius 2 is 2.00 bits per heavy atom. The highest BCUT2D eigenvalue weighted by Gasteiger charge is 2.11. The van der Waals surface area contributed by atoms with Crippen LogP contribution in [0, 0.1) is 0 Å². The van der Waals surface area contributed by atoms with Crippen LogP contribution in [0.2, 0.25) is 0 Å². The predicted molar refractivity (Wildman–Crippen MR) is 47.2 cm³/mol. The molecule has 0 unspecified atom stereocenters. The van der Waals surface area contributed by atoms with Crippen LogP contribution in [-0.2, 0) is 4.74 Å². The topological polar surface area (TPSA) is 9.23 Å². The number of hydrogen-bond acceptors (Lipinski definition) is 2. The molecule has 0 atom stereocenters. The third kappa shape index (κ3) is 6.25. The van der Waals surface area contributed by atoms with Crippen LogP contribution in [0.1, 0.15) is 20.8 Å².